The van der Waals surface area contributed by atoms with Gasteiger partial charge in [0, 0.05) is 11.8 Å². The SMILES string of the molecule is CC(C)CC(N)C(=O)Nc1ccc2c(c1)OC(F)(F)O2. The van der Waals surface area contributed by atoms with E-state index in [0.29, 0.717) is 12.1 Å². The van der Waals surface area contributed by atoms with Gasteiger partial charge in [-0.05, 0) is 24.5 Å². The van der Waals surface area contributed by atoms with E-state index in [1.54, 1.807) is 0 Å². The zero-order valence-corrected chi connectivity index (χ0v) is 11.2. The molecule has 2 rings (SSSR count). The van der Waals surface area contributed by atoms with Crippen LogP contribution in [0.25, 0.3) is 0 Å². The summed E-state index contributed by atoms with van der Waals surface area (Å²) in [5.41, 5.74) is 6.06. The number of halogens is 2. The van der Waals surface area contributed by atoms with Gasteiger partial charge in [0.05, 0.1) is 6.04 Å². The van der Waals surface area contributed by atoms with Crippen LogP contribution in [-0.4, -0.2) is 18.2 Å². The molecular weight excluding hydrogens is 270 g/mol. The van der Waals surface area contributed by atoms with Gasteiger partial charge >= 0.3 is 6.29 Å². The molecule has 0 radical (unpaired) electrons. The second-order valence-corrected chi connectivity index (χ2v) is 5.05. The molecule has 0 bridgehead atoms. The van der Waals surface area contributed by atoms with Crippen LogP contribution >= 0.6 is 0 Å². The van der Waals surface area contributed by atoms with Gasteiger partial charge in [0.25, 0.3) is 0 Å². The van der Waals surface area contributed by atoms with Crippen LogP contribution in [0.2, 0.25) is 0 Å². The third-order valence-corrected chi connectivity index (χ3v) is 2.73. The lowest BCUT2D eigenvalue weighted by atomic mass is 10.0. The van der Waals surface area contributed by atoms with Crippen molar-refractivity contribution in [1.82, 2.24) is 0 Å². The van der Waals surface area contributed by atoms with Crippen molar-refractivity contribution in [2.45, 2.75) is 32.6 Å². The fourth-order valence-electron chi connectivity index (χ4n) is 1.88. The van der Waals surface area contributed by atoms with Gasteiger partial charge in [-0.1, -0.05) is 13.8 Å². The molecule has 20 heavy (non-hydrogen) atoms. The Bertz CT molecular complexity index is 520. The number of carbonyl (C=O) groups is 1. The van der Waals surface area contributed by atoms with E-state index in [1.165, 1.54) is 18.2 Å². The second kappa shape index (κ2) is 5.24. The summed E-state index contributed by atoms with van der Waals surface area (Å²) < 4.78 is 34.3. The van der Waals surface area contributed by atoms with Crippen molar-refractivity contribution in [1.29, 1.82) is 0 Å². The first-order valence-corrected chi connectivity index (χ1v) is 6.23. The minimum Gasteiger partial charge on any atom is -0.395 e. The Morgan fingerprint density at radius 2 is 2.00 bits per heavy atom. The molecule has 0 fully saturated rings. The van der Waals surface area contributed by atoms with Crippen molar-refractivity contribution in [3.63, 3.8) is 0 Å². The van der Waals surface area contributed by atoms with Crippen LogP contribution in [0.15, 0.2) is 18.2 Å². The molecular formula is C13H16F2N2O3. The highest BCUT2D eigenvalue weighted by atomic mass is 19.3. The highest BCUT2D eigenvalue weighted by Gasteiger charge is 2.43. The van der Waals surface area contributed by atoms with Crippen LogP contribution in [0.3, 0.4) is 0 Å². The Labute approximate surface area is 115 Å². The summed E-state index contributed by atoms with van der Waals surface area (Å²) >= 11 is 0. The van der Waals surface area contributed by atoms with Crippen LogP contribution in [0.4, 0.5) is 14.5 Å². The Morgan fingerprint density at radius 3 is 2.65 bits per heavy atom. The number of rotatable bonds is 4. The lowest BCUT2D eigenvalue weighted by molar-refractivity contribution is -0.286. The first kappa shape index (κ1) is 14.5. The normalized spacial score (nSPS) is 17.1. The number of ether oxygens (including phenoxy) is 2. The monoisotopic (exact) mass is 286 g/mol. The van der Waals surface area contributed by atoms with Crippen LogP contribution in [0.1, 0.15) is 20.3 Å². The predicted molar refractivity (Wildman–Crippen MR) is 68.7 cm³/mol. The molecule has 1 aromatic rings. The third-order valence-electron chi connectivity index (χ3n) is 2.73. The summed E-state index contributed by atoms with van der Waals surface area (Å²) in [6.45, 7) is 3.91. The maximum Gasteiger partial charge on any atom is 0.586 e. The lowest BCUT2D eigenvalue weighted by Gasteiger charge is -2.14. The summed E-state index contributed by atoms with van der Waals surface area (Å²) in [4.78, 5) is 11.8. The van der Waals surface area contributed by atoms with Gasteiger partial charge in [-0.3, -0.25) is 4.79 Å². The Balaban J connectivity index is 2.04. The number of benzene rings is 1. The van der Waals surface area contributed by atoms with Gasteiger partial charge in [-0.15, -0.1) is 8.78 Å². The summed E-state index contributed by atoms with van der Waals surface area (Å²) in [5, 5.41) is 2.56. The molecule has 110 valence electrons. The van der Waals surface area contributed by atoms with E-state index in [2.05, 4.69) is 14.8 Å². The standard InChI is InChI=1S/C13H16F2N2O3/c1-7(2)5-9(16)12(18)17-8-3-4-10-11(6-8)20-13(14,15)19-10/h3-4,6-7,9H,5,16H2,1-2H3,(H,17,18). The number of nitrogens with one attached hydrogen (secondary N) is 1. The number of fused-ring (bicyclic) bond motifs is 1. The summed E-state index contributed by atoms with van der Waals surface area (Å²) in [6.07, 6.45) is -3.13. The van der Waals surface area contributed by atoms with Gasteiger partial charge in [0.2, 0.25) is 5.91 Å². The number of anilines is 1. The van der Waals surface area contributed by atoms with Crippen molar-refractivity contribution in [3.05, 3.63) is 18.2 Å². The van der Waals surface area contributed by atoms with E-state index in [9.17, 15) is 13.6 Å². The molecule has 5 nitrogen and oxygen atoms in total. The molecule has 1 amide bonds. The van der Waals surface area contributed by atoms with Gasteiger partial charge < -0.3 is 20.5 Å². The molecule has 1 atom stereocenters. The number of carbonyl (C=O) groups excluding carboxylic acids is 1. The van der Waals surface area contributed by atoms with Crippen molar-refractivity contribution in [3.8, 4) is 11.5 Å². The topological polar surface area (TPSA) is 73.6 Å². The van der Waals surface area contributed by atoms with Crippen LogP contribution in [0, 0.1) is 5.92 Å². The van der Waals surface area contributed by atoms with Crippen molar-refractivity contribution in [2.24, 2.45) is 11.7 Å². The fraction of sp³-hybridized carbons (Fsp3) is 0.462. The van der Waals surface area contributed by atoms with Crippen molar-refractivity contribution >= 4 is 11.6 Å². The predicted octanol–water partition coefficient (Wildman–Crippen LogP) is 2.32. The minimum atomic E-state index is -3.67. The fourth-order valence-corrected chi connectivity index (χ4v) is 1.88. The first-order valence-electron chi connectivity index (χ1n) is 6.23. The number of hydrogen-bond donors (Lipinski definition) is 2. The van der Waals surface area contributed by atoms with E-state index in [4.69, 9.17) is 5.73 Å². The highest BCUT2D eigenvalue weighted by molar-refractivity contribution is 5.94. The molecule has 3 N–H and O–H groups in total. The van der Waals surface area contributed by atoms with Gasteiger partial charge in [-0.25, -0.2) is 0 Å². The van der Waals surface area contributed by atoms with E-state index in [1.807, 2.05) is 13.8 Å². The van der Waals surface area contributed by atoms with E-state index in [0.717, 1.165) is 0 Å². The molecule has 0 saturated heterocycles. The average Bonchev–Trinajstić information content (AvgIpc) is 2.61. The summed E-state index contributed by atoms with van der Waals surface area (Å²) in [7, 11) is 0. The molecule has 0 spiro atoms. The number of amides is 1. The minimum absolute atomic E-state index is 0.0699. The van der Waals surface area contributed by atoms with Crippen LogP contribution < -0.4 is 20.5 Å². The third kappa shape index (κ3) is 3.36. The Hall–Kier alpha value is -1.89. The van der Waals surface area contributed by atoms with Gasteiger partial charge in [0.1, 0.15) is 0 Å². The molecule has 1 heterocycles. The molecule has 0 aromatic heterocycles. The van der Waals surface area contributed by atoms with E-state index in [-0.39, 0.29) is 23.3 Å². The maximum atomic E-state index is 12.9. The molecule has 7 heteroatoms. The van der Waals surface area contributed by atoms with Gasteiger partial charge in [-0.2, -0.15) is 0 Å². The number of hydrogen-bond acceptors (Lipinski definition) is 4. The Morgan fingerprint density at radius 1 is 1.35 bits per heavy atom. The van der Waals surface area contributed by atoms with Crippen molar-refractivity contribution in [2.75, 3.05) is 5.32 Å². The van der Waals surface area contributed by atoms with Gasteiger partial charge in [0.15, 0.2) is 11.5 Å². The zero-order valence-electron chi connectivity index (χ0n) is 11.2. The van der Waals surface area contributed by atoms with Crippen LogP contribution in [-0.2, 0) is 4.79 Å². The van der Waals surface area contributed by atoms with Crippen LogP contribution in [0.5, 0.6) is 11.5 Å². The second-order valence-electron chi connectivity index (χ2n) is 5.05. The summed E-state index contributed by atoms with van der Waals surface area (Å²) in [5.74, 6) is -0.278. The van der Waals surface area contributed by atoms with Crippen molar-refractivity contribution < 1.29 is 23.0 Å². The zero-order chi connectivity index (χ0) is 14.9. The number of nitrogens with two attached hydrogens (primary N) is 1. The van der Waals surface area contributed by atoms with E-state index >= 15 is 0 Å². The highest BCUT2D eigenvalue weighted by Crippen LogP contribution is 2.42. The lowest BCUT2D eigenvalue weighted by Crippen LogP contribution is -2.36. The largest absolute Gasteiger partial charge is 0.586 e. The smallest absolute Gasteiger partial charge is 0.395 e. The molecule has 1 aromatic carbocycles. The first-order chi connectivity index (χ1) is 9.27. The molecule has 1 aliphatic heterocycles. The van der Waals surface area contributed by atoms with E-state index < -0.39 is 12.3 Å². The molecule has 0 aliphatic carbocycles. The molecule has 1 aliphatic rings. The average molecular weight is 286 g/mol. The summed E-state index contributed by atoms with van der Waals surface area (Å²) in [6, 6.07) is 3.38. The quantitative estimate of drug-likeness (QED) is 0.891. The molecule has 0 saturated carbocycles. The number of alkyl halides is 2. The maximum absolute atomic E-state index is 12.9. The molecule has 1 unspecified atom stereocenters. The Kier molecular flexibility index (Phi) is 3.80.